The van der Waals surface area contributed by atoms with Gasteiger partial charge in [0.05, 0.1) is 11.4 Å². The second kappa shape index (κ2) is 8.64. The quantitative estimate of drug-likeness (QED) is 0.233. The number of rotatable bonds is 3. The Morgan fingerprint density at radius 1 is 0.857 bits per heavy atom. The summed E-state index contributed by atoms with van der Waals surface area (Å²) in [6.45, 7) is 7.94. The average Bonchev–Trinajstić information content (AvgIpc) is 3.10. The summed E-state index contributed by atoms with van der Waals surface area (Å²) >= 11 is 5.37. The van der Waals surface area contributed by atoms with E-state index in [0.717, 1.165) is 44.5 Å². The summed E-state index contributed by atoms with van der Waals surface area (Å²) < 4.78 is 2.16. The van der Waals surface area contributed by atoms with E-state index in [4.69, 9.17) is 12.2 Å². The van der Waals surface area contributed by atoms with Crippen LogP contribution in [0.2, 0.25) is 0 Å². The van der Waals surface area contributed by atoms with E-state index in [2.05, 4.69) is 34.1 Å². The molecular weight excluding hydrogens is 454 g/mol. The van der Waals surface area contributed by atoms with Gasteiger partial charge in [-0.15, -0.1) is 0 Å². The van der Waals surface area contributed by atoms with E-state index >= 15 is 0 Å². The first-order chi connectivity index (χ1) is 16.8. The van der Waals surface area contributed by atoms with Gasteiger partial charge in [0.15, 0.2) is 5.11 Å². The Morgan fingerprint density at radius 3 is 2.37 bits per heavy atom. The van der Waals surface area contributed by atoms with Crippen LogP contribution in [-0.2, 0) is 9.59 Å². The number of carbonyl (C=O) groups excluding carboxylic acids is 2. The maximum absolute atomic E-state index is 13.5. The fraction of sp³-hybridized carbons (Fsp3) is 0.138. The largest absolute Gasteiger partial charge is 0.317 e. The fourth-order valence-corrected chi connectivity index (χ4v) is 5.07. The molecule has 0 aliphatic carbocycles. The van der Waals surface area contributed by atoms with Crippen molar-refractivity contribution in [3.8, 4) is 5.69 Å². The lowest BCUT2D eigenvalue weighted by Gasteiger charge is -2.30. The van der Waals surface area contributed by atoms with Crippen LogP contribution in [0.3, 0.4) is 0 Å². The third-order valence-electron chi connectivity index (χ3n) is 6.47. The topological polar surface area (TPSA) is 54.3 Å². The highest BCUT2D eigenvalue weighted by atomic mass is 32.1. The summed E-state index contributed by atoms with van der Waals surface area (Å²) in [5, 5.41) is 5.06. The molecule has 2 amide bonds. The molecule has 2 heterocycles. The average molecular weight is 480 g/mol. The van der Waals surface area contributed by atoms with Crippen molar-refractivity contribution >= 4 is 51.7 Å². The van der Waals surface area contributed by atoms with Crippen LogP contribution in [0.4, 0.5) is 5.69 Å². The van der Waals surface area contributed by atoms with Crippen LogP contribution in [-0.4, -0.2) is 21.5 Å². The molecule has 0 radical (unpaired) electrons. The van der Waals surface area contributed by atoms with E-state index in [-0.39, 0.29) is 10.7 Å². The van der Waals surface area contributed by atoms with Gasteiger partial charge in [0, 0.05) is 16.8 Å². The van der Waals surface area contributed by atoms with Crippen molar-refractivity contribution in [2.24, 2.45) is 0 Å². The van der Waals surface area contributed by atoms with Gasteiger partial charge < -0.3 is 4.57 Å². The summed E-state index contributed by atoms with van der Waals surface area (Å²) in [5.74, 6) is -0.920. The molecule has 0 saturated carbocycles. The Bertz CT molecular complexity index is 1570. The van der Waals surface area contributed by atoms with Crippen molar-refractivity contribution in [3.05, 3.63) is 100 Å². The van der Waals surface area contributed by atoms with Gasteiger partial charge in [-0.3, -0.25) is 19.8 Å². The number of fused-ring (bicyclic) bond motifs is 1. The Balaban J connectivity index is 1.60. The van der Waals surface area contributed by atoms with Gasteiger partial charge in [0.1, 0.15) is 5.57 Å². The Hall–Kier alpha value is -4.03. The standard InChI is InChI=1S/C29H25N3O2S/c1-17-12-13-25(18(2)14-17)32-28(34)24(27(33)30-29(32)35)16-22-15-19(3)31(20(22)4)26-11-7-9-21-8-5-6-10-23(21)26/h5-16H,1-4H3,(H,30,33,35)/b24-16+. The second-order valence-corrected chi connectivity index (χ2v) is 9.29. The summed E-state index contributed by atoms with van der Waals surface area (Å²) in [7, 11) is 0. The summed E-state index contributed by atoms with van der Waals surface area (Å²) in [6, 6.07) is 22.2. The van der Waals surface area contributed by atoms with Crippen LogP contribution >= 0.6 is 12.2 Å². The lowest BCUT2D eigenvalue weighted by atomic mass is 10.0. The van der Waals surface area contributed by atoms with Crippen LogP contribution in [0, 0.1) is 27.7 Å². The Morgan fingerprint density at radius 2 is 1.60 bits per heavy atom. The molecule has 5 nitrogen and oxygen atoms in total. The molecule has 4 aromatic rings. The van der Waals surface area contributed by atoms with Crippen LogP contribution in [0.15, 0.2) is 72.3 Å². The lowest BCUT2D eigenvalue weighted by Crippen LogP contribution is -2.54. The van der Waals surface area contributed by atoms with E-state index < -0.39 is 11.8 Å². The summed E-state index contributed by atoms with van der Waals surface area (Å²) in [6.07, 6.45) is 1.67. The number of aryl methyl sites for hydroxylation is 3. The van der Waals surface area contributed by atoms with Crippen molar-refractivity contribution in [2.75, 3.05) is 4.90 Å². The van der Waals surface area contributed by atoms with Crippen LogP contribution in [0.5, 0.6) is 0 Å². The molecule has 5 rings (SSSR count). The van der Waals surface area contributed by atoms with Gasteiger partial charge in [-0.2, -0.15) is 0 Å². The zero-order chi connectivity index (χ0) is 24.9. The molecule has 1 aliphatic heterocycles. The van der Waals surface area contributed by atoms with E-state index in [1.54, 1.807) is 6.08 Å². The molecule has 1 N–H and O–H groups in total. The highest BCUT2D eigenvalue weighted by Gasteiger charge is 2.35. The summed E-state index contributed by atoms with van der Waals surface area (Å²) in [5.41, 5.74) is 6.53. The molecule has 0 atom stereocenters. The van der Waals surface area contributed by atoms with Crippen molar-refractivity contribution in [2.45, 2.75) is 27.7 Å². The highest BCUT2D eigenvalue weighted by molar-refractivity contribution is 7.80. The van der Waals surface area contributed by atoms with Crippen LogP contribution < -0.4 is 10.2 Å². The number of nitrogens with zero attached hydrogens (tertiary/aromatic N) is 2. The second-order valence-electron chi connectivity index (χ2n) is 8.91. The molecule has 3 aromatic carbocycles. The molecule has 0 bridgehead atoms. The Labute approximate surface area is 209 Å². The normalized spacial score (nSPS) is 15.3. The minimum atomic E-state index is -0.490. The van der Waals surface area contributed by atoms with Gasteiger partial charge in [-0.05, 0) is 80.7 Å². The number of aromatic nitrogens is 1. The number of nitrogens with one attached hydrogen (secondary N) is 1. The molecular formula is C29H25N3O2S. The monoisotopic (exact) mass is 479 g/mol. The Kier molecular flexibility index (Phi) is 5.61. The number of amides is 2. The van der Waals surface area contributed by atoms with Gasteiger partial charge >= 0.3 is 0 Å². The molecule has 0 spiro atoms. The minimum Gasteiger partial charge on any atom is -0.317 e. The fourth-order valence-electron chi connectivity index (χ4n) is 4.80. The van der Waals surface area contributed by atoms with Gasteiger partial charge in [0.25, 0.3) is 11.8 Å². The van der Waals surface area contributed by atoms with Crippen molar-refractivity contribution in [1.29, 1.82) is 0 Å². The van der Waals surface area contributed by atoms with E-state index in [1.165, 1.54) is 4.90 Å². The zero-order valence-electron chi connectivity index (χ0n) is 20.0. The zero-order valence-corrected chi connectivity index (χ0v) is 20.9. The SMILES string of the molecule is Cc1ccc(N2C(=O)/C(=C/c3cc(C)n(-c4cccc5ccccc45)c3C)C(=O)NC2=S)c(C)c1. The molecule has 35 heavy (non-hydrogen) atoms. The maximum atomic E-state index is 13.5. The van der Waals surface area contributed by atoms with Crippen molar-refractivity contribution in [3.63, 3.8) is 0 Å². The number of carbonyl (C=O) groups is 2. The number of hydrogen-bond donors (Lipinski definition) is 1. The molecule has 1 aromatic heterocycles. The minimum absolute atomic E-state index is 0.0525. The third kappa shape index (κ3) is 3.86. The van der Waals surface area contributed by atoms with Crippen molar-refractivity contribution in [1.82, 2.24) is 9.88 Å². The van der Waals surface area contributed by atoms with Gasteiger partial charge in [-0.25, -0.2) is 0 Å². The predicted molar refractivity (Wildman–Crippen MR) is 145 cm³/mol. The van der Waals surface area contributed by atoms with E-state index in [9.17, 15) is 9.59 Å². The van der Waals surface area contributed by atoms with E-state index in [1.807, 2.05) is 70.2 Å². The third-order valence-corrected chi connectivity index (χ3v) is 6.76. The highest BCUT2D eigenvalue weighted by Crippen LogP contribution is 2.30. The molecule has 174 valence electrons. The van der Waals surface area contributed by atoms with E-state index in [0.29, 0.717) is 5.69 Å². The van der Waals surface area contributed by atoms with Gasteiger partial charge in [-0.1, -0.05) is 54.1 Å². The molecule has 1 fully saturated rings. The number of anilines is 1. The maximum Gasteiger partial charge on any atom is 0.270 e. The molecule has 6 heteroatoms. The van der Waals surface area contributed by atoms with Crippen LogP contribution in [0.25, 0.3) is 22.5 Å². The smallest absolute Gasteiger partial charge is 0.270 e. The lowest BCUT2D eigenvalue weighted by molar-refractivity contribution is -0.122. The first kappa shape index (κ1) is 22.7. The first-order valence-corrected chi connectivity index (χ1v) is 11.8. The van der Waals surface area contributed by atoms with Crippen molar-refractivity contribution < 1.29 is 9.59 Å². The summed E-state index contributed by atoms with van der Waals surface area (Å²) in [4.78, 5) is 27.8. The first-order valence-electron chi connectivity index (χ1n) is 11.4. The van der Waals surface area contributed by atoms with Gasteiger partial charge in [0.2, 0.25) is 0 Å². The molecule has 1 saturated heterocycles. The van der Waals surface area contributed by atoms with Crippen LogP contribution in [0.1, 0.15) is 28.1 Å². The number of benzene rings is 3. The predicted octanol–water partition coefficient (Wildman–Crippen LogP) is 5.70. The molecule has 0 unspecified atom stereocenters. The number of hydrogen-bond acceptors (Lipinski definition) is 3. The number of thiocarbonyl (C=S) groups is 1. The molecule has 1 aliphatic rings.